The summed E-state index contributed by atoms with van der Waals surface area (Å²) < 4.78 is 11.8. The van der Waals surface area contributed by atoms with Crippen LogP contribution in [0.2, 0.25) is 5.02 Å². The van der Waals surface area contributed by atoms with E-state index in [0.717, 1.165) is 44.1 Å². The molecule has 48 heavy (non-hydrogen) atoms. The van der Waals surface area contributed by atoms with Crippen molar-refractivity contribution >= 4 is 40.8 Å². The first-order valence-electron chi connectivity index (χ1n) is 17.0. The van der Waals surface area contributed by atoms with Gasteiger partial charge in [-0.3, -0.25) is 19.2 Å². The van der Waals surface area contributed by atoms with Crippen LogP contribution in [0.25, 0.3) is 0 Å². The Labute approximate surface area is 287 Å². The molecule has 0 aromatic heterocycles. The van der Waals surface area contributed by atoms with E-state index in [-0.39, 0.29) is 37.4 Å². The number of nitrogens with one attached hydrogen (secondary N) is 3. The standard InChI is InChI=1S/C35H48ClN5O7/c1-6-10-26(29(42)32(44)38-24-15-16-24)39-31(43)28-19-35(18-27(40-48-35)22-11-9-12-23(36)17-22)20-41(28)33(45)30(34(3,4)46-5)37-21(2)47-25-13-7-8-14-25/h9,11-12,17,24-26,28,30,37H,2,6-8,10,13-16,18-20H2,1,3-5H3,(H,38,44)(H,39,43)/t26-,28-,30+,35+/m0/s1. The van der Waals surface area contributed by atoms with Crippen molar-refractivity contribution in [2.45, 2.75) is 126 Å². The Morgan fingerprint density at radius 3 is 2.54 bits per heavy atom. The number of hydrogen-bond donors (Lipinski definition) is 3. The van der Waals surface area contributed by atoms with Gasteiger partial charge in [-0.1, -0.05) is 42.2 Å². The summed E-state index contributed by atoms with van der Waals surface area (Å²) in [6, 6.07) is 4.18. The first kappa shape index (κ1) is 35.7. The number of hydrogen-bond acceptors (Lipinski definition) is 9. The lowest BCUT2D eigenvalue weighted by molar-refractivity contribution is -0.147. The Bertz CT molecular complexity index is 1440. The second kappa shape index (κ2) is 14.9. The largest absolute Gasteiger partial charge is 0.476 e. The number of oxime groups is 1. The van der Waals surface area contributed by atoms with E-state index in [1.807, 2.05) is 19.1 Å². The first-order chi connectivity index (χ1) is 22.8. The molecular weight excluding hydrogens is 638 g/mol. The normalized spacial score (nSPS) is 23.6. The average Bonchev–Trinajstić information content (AvgIpc) is 3.40. The molecule has 262 valence electrons. The van der Waals surface area contributed by atoms with Gasteiger partial charge in [0, 0.05) is 36.6 Å². The number of amides is 3. The highest BCUT2D eigenvalue weighted by molar-refractivity contribution is 6.38. The van der Waals surface area contributed by atoms with E-state index >= 15 is 0 Å². The number of Topliss-reactive ketones (excluding diaryl/α,β-unsaturated/α-hetero) is 1. The van der Waals surface area contributed by atoms with Gasteiger partial charge in [0.1, 0.15) is 18.2 Å². The van der Waals surface area contributed by atoms with Crippen LogP contribution in [0.3, 0.4) is 0 Å². The maximum Gasteiger partial charge on any atom is 0.289 e. The summed E-state index contributed by atoms with van der Waals surface area (Å²) in [6.07, 6.45) is 6.89. The van der Waals surface area contributed by atoms with Gasteiger partial charge in [0.05, 0.1) is 23.9 Å². The minimum absolute atomic E-state index is 0.00332. The molecule has 2 saturated carbocycles. The number of methoxy groups -OCH3 is 1. The number of nitrogens with zero attached hydrogens (tertiary/aromatic N) is 2. The molecule has 3 N–H and O–H groups in total. The van der Waals surface area contributed by atoms with Crippen LogP contribution in [0, 0.1) is 0 Å². The third-order valence-corrected chi connectivity index (χ3v) is 9.95. The third-order valence-electron chi connectivity index (χ3n) is 9.71. The number of likely N-dealkylation sites (tertiary alicyclic amines) is 1. The predicted octanol–water partition coefficient (Wildman–Crippen LogP) is 3.75. The van der Waals surface area contributed by atoms with Crippen molar-refractivity contribution in [2.24, 2.45) is 5.16 Å². The third kappa shape index (κ3) is 8.31. The van der Waals surface area contributed by atoms with Crippen molar-refractivity contribution in [3.05, 3.63) is 47.3 Å². The topological polar surface area (TPSA) is 148 Å². The maximum atomic E-state index is 14.6. The van der Waals surface area contributed by atoms with Gasteiger partial charge < -0.3 is 35.2 Å². The Kier molecular flexibility index (Phi) is 11.0. The van der Waals surface area contributed by atoms with E-state index in [1.165, 1.54) is 12.0 Å². The van der Waals surface area contributed by atoms with Gasteiger partial charge in [-0.2, -0.15) is 0 Å². The zero-order valence-corrected chi connectivity index (χ0v) is 29.1. The van der Waals surface area contributed by atoms with Crippen LogP contribution in [-0.2, 0) is 33.5 Å². The molecule has 3 amide bonds. The Morgan fingerprint density at radius 1 is 1.17 bits per heavy atom. The van der Waals surface area contributed by atoms with E-state index in [1.54, 1.807) is 26.0 Å². The first-order valence-corrected chi connectivity index (χ1v) is 17.4. The lowest BCUT2D eigenvalue weighted by atomic mass is 9.91. The molecule has 1 spiro atoms. The number of carbonyl (C=O) groups excluding carboxylic acids is 4. The fourth-order valence-electron chi connectivity index (χ4n) is 6.64. The van der Waals surface area contributed by atoms with Crippen LogP contribution >= 0.6 is 11.6 Å². The average molecular weight is 686 g/mol. The zero-order chi connectivity index (χ0) is 34.6. The molecule has 4 aliphatic rings. The van der Waals surface area contributed by atoms with Crippen molar-refractivity contribution in [3.63, 3.8) is 0 Å². The summed E-state index contributed by atoms with van der Waals surface area (Å²) in [5, 5.41) is 13.6. The van der Waals surface area contributed by atoms with Crippen LogP contribution in [0.4, 0.5) is 0 Å². The molecule has 2 aliphatic heterocycles. The number of halogens is 1. The molecule has 3 fully saturated rings. The van der Waals surface area contributed by atoms with Gasteiger partial charge in [-0.15, -0.1) is 0 Å². The highest BCUT2D eigenvalue weighted by Gasteiger charge is 2.56. The van der Waals surface area contributed by atoms with Gasteiger partial charge in [0.25, 0.3) is 5.91 Å². The van der Waals surface area contributed by atoms with Gasteiger partial charge in [0.2, 0.25) is 17.6 Å². The number of rotatable bonds is 15. The number of benzene rings is 1. The van der Waals surface area contributed by atoms with Crippen LogP contribution in [0.15, 0.2) is 41.9 Å². The fraction of sp³-hybridized carbons (Fsp3) is 0.629. The number of ether oxygens (including phenoxy) is 2. The van der Waals surface area contributed by atoms with Crippen molar-refractivity contribution in [3.8, 4) is 0 Å². The molecule has 0 bridgehead atoms. The summed E-state index contributed by atoms with van der Waals surface area (Å²) in [7, 11) is 1.51. The smallest absolute Gasteiger partial charge is 0.289 e. The molecule has 4 atom stereocenters. The van der Waals surface area contributed by atoms with Gasteiger partial charge >= 0.3 is 0 Å². The van der Waals surface area contributed by atoms with Gasteiger partial charge in [-0.05, 0) is 77.5 Å². The highest BCUT2D eigenvalue weighted by Crippen LogP contribution is 2.40. The summed E-state index contributed by atoms with van der Waals surface area (Å²) in [6.45, 7) is 9.50. The quantitative estimate of drug-likeness (QED) is 0.187. The summed E-state index contributed by atoms with van der Waals surface area (Å²) in [5.74, 6) is -2.15. The summed E-state index contributed by atoms with van der Waals surface area (Å²) in [5.41, 5.74) is -0.633. The molecule has 12 nitrogen and oxygen atoms in total. The second-order valence-electron chi connectivity index (χ2n) is 14.0. The van der Waals surface area contributed by atoms with Gasteiger partial charge in [0.15, 0.2) is 11.5 Å². The van der Waals surface area contributed by atoms with Crippen LogP contribution in [0.5, 0.6) is 0 Å². The minimum Gasteiger partial charge on any atom is -0.476 e. The van der Waals surface area contributed by atoms with E-state index in [9.17, 15) is 19.2 Å². The molecule has 1 saturated heterocycles. The molecule has 2 aliphatic carbocycles. The van der Waals surface area contributed by atoms with Crippen molar-refractivity contribution in [1.82, 2.24) is 20.9 Å². The SMILES string of the molecule is C=C(N[C@H](C(=O)N1C[C@@]2(CC(c3cccc(Cl)c3)=NO2)C[C@H]1C(=O)N[C@@H](CCC)C(=O)C(=O)NC1CC1)C(C)(C)OC)OC1CCCC1. The van der Waals surface area contributed by atoms with E-state index in [2.05, 4.69) is 27.7 Å². The Hall–Kier alpha value is -3.64. The number of ketones is 1. The molecule has 2 heterocycles. The fourth-order valence-corrected chi connectivity index (χ4v) is 6.83. The molecule has 1 aromatic carbocycles. The lowest BCUT2D eigenvalue weighted by Crippen LogP contribution is -2.61. The molecule has 0 unspecified atom stereocenters. The minimum atomic E-state index is -1.05. The van der Waals surface area contributed by atoms with E-state index in [0.29, 0.717) is 23.6 Å². The van der Waals surface area contributed by atoms with Crippen LogP contribution in [0.1, 0.15) is 90.5 Å². The maximum absolute atomic E-state index is 14.6. The van der Waals surface area contributed by atoms with Crippen molar-refractivity contribution in [2.75, 3.05) is 13.7 Å². The highest BCUT2D eigenvalue weighted by atomic mass is 35.5. The van der Waals surface area contributed by atoms with Crippen LogP contribution < -0.4 is 16.0 Å². The monoisotopic (exact) mass is 685 g/mol. The molecule has 13 heteroatoms. The predicted molar refractivity (Wildman–Crippen MR) is 180 cm³/mol. The second-order valence-corrected chi connectivity index (χ2v) is 14.4. The molecular formula is C35H48ClN5O7. The molecule has 5 rings (SSSR count). The zero-order valence-electron chi connectivity index (χ0n) is 28.3. The van der Waals surface area contributed by atoms with Crippen LogP contribution in [-0.4, -0.2) is 89.2 Å². The van der Waals surface area contributed by atoms with Crippen molar-refractivity contribution in [1.29, 1.82) is 0 Å². The van der Waals surface area contributed by atoms with Gasteiger partial charge in [-0.25, -0.2) is 0 Å². The molecule has 1 aromatic rings. The Morgan fingerprint density at radius 2 is 1.90 bits per heavy atom. The Balaban J connectivity index is 1.40. The van der Waals surface area contributed by atoms with E-state index < -0.39 is 52.8 Å². The summed E-state index contributed by atoms with van der Waals surface area (Å²) in [4.78, 5) is 62.1. The van der Waals surface area contributed by atoms with E-state index in [4.69, 9.17) is 25.9 Å². The number of carbonyl (C=O) groups is 4. The lowest BCUT2D eigenvalue weighted by Gasteiger charge is -2.37. The summed E-state index contributed by atoms with van der Waals surface area (Å²) >= 11 is 6.25. The van der Waals surface area contributed by atoms with Crippen molar-refractivity contribution < 1.29 is 33.5 Å². The molecule has 0 radical (unpaired) electrons.